The Labute approximate surface area is 137 Å². The molecule has 0 saturated heterocycles. The molecule has 0 aliphatic heterocycles. The third-order valence-corrected chi connectivity index (χ3v) is 3.86. The number of rotatable bonds is 6. The Morgan fingerprint density at radius 3 is 2.57 bits per heavy atom. The van der Waals surface area contributed by atoms with Crippen LogP contribution in [0.25, 0.3) is 0 Å². The van der Waals surface area contributed by atoms with Gasteiger partial charge in [0.15, 0.2) is 0 Å². The average Bonchev–Trinajstić information content (AvgIpc) is 2.54. The number of aromatic nitrogens is 1. The summed E-state index contributed by atoms with van der Waals surface area (Å²) in [5, 5.41) is 3.04. The molecular weight excluding hydrogens is 288 g/mol. The Balaban J connectivity index is 2.18. The first-order valence-electron chi connectivity index (χ1n) is 7.93. The first kappa shape index (κ1) is 17.2. The molecule has 23 heavy (non-hydrogen) atoms. The van der Waals surface area contributed by atoms with E-state index in [0.29, 0.717) is 18.8 Å². The predicted octanol–water partition coefficient (Wildman–Crippen LogP) is 3.73. The summed E-state index contributed by atoms with van der Waals surface area (Å²) in [6, 6.07) is 11.7. The summed E-state index contributed by atoms with van der Waals surface area (Å²) in [5.74, 6) is -0.107. The van der Waals surface area contributed by atoms with Crippen LogP contribution in [0.15, 0.2) is 36.4 Å². The van der Waals surface area contributed by atoms with E-state index in [1.54, 1.807) is 0 Å². The first-order valence-corrected chi connectivity index (χ1v) is 7.93. The minimum atomic E-state index is -0.107. The summed E-state index contributed by atoms with van der Waals surface area (Å²) in [4.78, 5) is 17.1. The van der Waals surface area contributed by atoms with E-state index in [0.717, 1.165) is 22.5 Å². The molecule has 0 aliphatic rings. The van der Waals surface area contributed by atoms with Crippen LogP contribution in [0.2, 0.25) is 0 Å². The number of amides is 1. The van der Waals surface area contributed by atoms with Crippen LogP contribution in [-0.2, 0) is 11.3 Å². The van der Waals surface area contributed by atoms with E-state index < -0.39 is 0 Å². The van der Waals surface area contributed by atoms with Gasteiger partial charge in [-0.2, -0.15) is 0 Å². The van der Waals surface area contributed by atoms with Crippen molar-refractivity contribution >= 4 is 5.91 Å². The molecule has 1 heterocycles. The lowest BCUT2D eigenvalue weighted by molar-refractivity contribution is 0.0938. The Morgan fingerprint density at radius 1 is 1.22 bits per heavy atom. The fraction of sp³-hybridized carbons (Fsp3) is 0.368. The lowest BCUT2D eigenvalue weighted by Crippen LogP contribution is -2.27. The molecule has 1 aromatic heterocycles. The second-order valence-corrected chi connectivity index (χ2v) is 5.61. The van der Waals surface area contributed by atoms with Gasteiger partial charge in [-0.05, 0) is 44.9 Å². The van der Waals surface area contributed by atoms with Gasteiger partial charge in [0.1, 0.15) is 0 Å². The lowest BCUT2D eigenvalue weighted by Gasteiger charge is -2.16. The van der Waals surface area contributed by atoms with Gasteiger partial charge in [0.25, 0.3) is 5.91 Å². The van der Waals surface area contributed by atoms with Gasteiger partial charge in [0.05, 0.1) is 23.9 Å². The second kappa shape index (κ2) is 7.88. The third kappa shape index (κ3) is 4.39. The van der Waals surface area contributed by atoms with E-state index in [9.17, 15) is 4.79 Å². The molecule has 0 fully saturated rings. The Bertz CT molecular complexity index is 669. The summed E-state index contributed by atoms with van der Waals surface area (Å²) in [6.45, 7) is 8.84. The average molecular weight is 312 g/mol. The molecule has 1 aromatic carbocycles. The molecule has 2 aromatic rings. The number of aryl methyl sites for hydroxylation is 2. The summed E-state index contributed by atoms with van der Waals surface area (Å²) < 4.78 is 5.45. The number of nitrogens with zero attached hydrogens (tertiary/aromatic N) is 1. The van der Waals surface area contributed by atoms with Crippen molar-refractivity contribution < 1.29 is 9.53 Å². The molecule has 1 atom stereocenters. The fourth-order valence-corrected chi connectivity index (χ4v) is 2.45. The van der Waals surface area contributed by atoms with Crippen molar-refractivity contribution in [3.8, 4) is 0 Å². The minimum Gasteiger partial charge on any atom is -0.377 e. The van der Waals surface area contributed by atoms with E-state index in [1.807, 2.05) is 64.1 Å². The molecule has 0 unspecified atom stereocenters. The maximum absolute atomic E-state index is 12.6. The van der Waals surface area contributed by atoms with Crippen LogP contribution < -0.4 is 5.32 Å². The van der Waals surface area contributed by atoms with Crippen molar-refractivity contribution in [3.05, 3.63) is 64.5 Å². The number of carbonyl (C=O) groups excluding carboxylic acids is 1. The van der Waals surface area contributed by atoms with Crippen molar-refractivity contribution in [1.82, 2.24) is 10.3 Å². The lowest BCUT2D eigenvalue weighted by atomic mass is 10.1. The van der Waals surface area contributed by atoms with Crippen LogP contribution >= 0.6 is 0 Å². The monoisotopic (exact) mass is 312 g/mol. The zero-order valence-electron chi connectivity index (χ0n) is 14.2. The van der Waals surface area contributed by atoms with Crippen molar-refractivity contribution in [3.63, 3.8) is 0 Å². The van der Waals surface area contributed by atoms with Gasteiger partial charge in [-0.1, -0.05) is 30.3 Å². The van der Waals surface area contributed by atoms with Gasteiger partial charge in [0.2, 0.25) is 0 Å². The first-order chi connectivity index (χ1) is 11.0. The molecule has 0 aliphatic carbocycles. The molecule has 4 nitrogen and oxygen atoms in total. The molecule has 2 rings (SSSR count). The van der Waals surface area contributed by atoms with Crippen LogP contribution in [0.3, 0.4) is 0 Å². The summed E-state index contributed by atoms with van der Waals surface area (Å²) in [5.41, 5.74) is 4.28. The SMILES string of the molecule is CCOCc1cc(C(=O)N[C@@H](C)c2ccccc2)c(C)nc1C. The predicted molar refractivity (Wildman–Crippen MR) is 91.4 cm³/mol. The van der Waals surface area contributed by atoms with Crippen molar-refractivity contribution in [2.24, 2.45) is 0 Å². The molecule has 1 N–H and O–H groups in total. The molecule has 1 amide bonds. The summed E-state index contributed by atoms with van der Waals surface area (Å²) in [6.07, 6.45) is 0. The van der Waals surface area contributed by atoms with Gasteiger partial charge in [-0.3, -0.25) is 9.78 Å². The zero-order valence-corrected chi connectivity index (χ0v) is 14.2. The number of pyridine rings is 1. The quantitative estimate of drug-likeness (QED) is 0.884. The fourth-order valence-electron chi connectivity index (χ4n) is 2.45. The highest BCUT2D eigenvalue weighted by Crippen LogP contribution is 2.16. The molecule has 0 radical (unpaired) electrons. The van der Waals surface area contributed by atoms with E-state index in [4.69, 9.17) is 4.74 Å². The zero-order chi connectivity index (χ0) is 16.8. The Hall–Kier alpha value is -2.20. The summed E-state index contributed by atoms with van der Waals surface area (Å²) in [7, 11) is 0. The molecular formula is C19H24N2O2. The molecule has 4 heteroatoms. The van der Waals surface area contributed by atoms with Crippen LogP contribution in [0.4, 0.5) is 0 Å². The minimum absolute atomic E-state index is 0.0558. The van der Waals surface area contributed by atoms with E-state index in [-0.39, 0.29) is 11.9 Å². The van der Waals surface area contributed by atoms with Gasteiger partial charge >= 0.3 is 0 Å². The molecule has 0 saturated carbocycles. The van der Waals surface area contributed by atoms with Gasteiger partial charge in [-0.25, -0.2) is 0 Å². The van der Waals surface area contributed by atoms with Crippen molar-refractivity contribution in [2.45, 2.75) is 40.3 Å². The van der Waals surface area contributed by atoms with Gasteiger partial charge in [-0.15, -0.1) is 0 Å². The Kier molecular flexibility index (Phi) is 5.88. The van der Waals surface area contributed by atoms with Crippen molar-refractivity contribution in [1.29, 1.82) is 0 Å². The number of hydrogen-bond donors (Lipinski definition) is 1. The number of benzene rings is 1. The van der Waals surface area contributed by atoms with Crippen LogP contribution in [-0.4, -0.2) is 17.5 Å². The second-order valence-electron chi connectivity index (χ2n) is 5.61. The molecule has 0 spiro atoms. The van der Waals surface area contributed by atoms with Gasteiger partial charge < -0.3 is 10.1 Å². The number of nitrogens with one attached hydrogen (secondary N) is 1. The largest absolute Gasteiger partial charge is 0.377 e. The highest BCUT2D eigenvalue weighted by molar-refractivity contribution is 5.95. The smallest absolute Gasteiger partial charge is 0.253 e. The van der Waals surface area contributed by atoms with Gasteiger partial charge in [0, 0.05) is 12.3 Å². The number of hydrogen-bond acceptors (Lipinski definition) is 3. The van der Waals surface area contributed by atoms with E-state index in [1.165, 1.54) is 0 Å². The highest BCUT2D eigenvalue weighted by Gasteiger charge is 2.16. The van der Waals surface area contributed by atoms with Crippen LogP contribution in [0.5, 0.6) is 0 Å². The van der Waals surface area contributed by atoms with Crippen LogP contribution in [0, 0.1) is 13.8 Å². The number of ether oxygens (including phenoxy) is 1. The third-order valence-electron chi connectivity index (χ3n) is 3.86. The van der Waals surface area contributed by atoms with E-state index in [2.05, 4.69) is 10.3 Å². The molecule has 122 valence electrons. The standard InChI is InChI=1S/C19H24N2O2/c1-5-23-12-17-11-18(15(4)20-14(17)3)19(22)21-13(2)16-9-7-6-8-10-16/h6-11,13H,5,12H2,1-4H3,(H,21,22)/t13-/m0/s1. The maximum Gasteiger partial charge on any atom is 0.253 e. The number of carbonyl (C=O) groups is 1. The van der Waals surface area contributed by atoms with Crippen LogP contribution in [0.1, 0.15) is 52.8 Å². The summed E-state index contributed by atoms with van der Waals surface area (Å²) >= 11 is 0. The highest BCUT2D eigenvalue weighted by atomic mass is 16.5. The topological polar surface area (TPSA) is 51.2 Å². The van der Waals surface area contributed by atoms with Crippen molar-refractivity contribution in [2.75, 3.05) is 6.61 Å². The Morgan fingerprint density at radius 2 is 1.91 bits per heavy atom. The van der Waals surface area contributed by atoms with E-state index >= 15 is 0 Å². The maximum atomic E-state index is 12.6. The molecule has 0 bridgehead atoms. The normalized spacial score (nSPS) is 12.0.